The molecule has 0 aliphatic heterocycles. The van der Waals surface area contributed by atoms with Crippen LogP contribution in [0.4, 0.5) is 18.0 Å². The maximum atomic E-state index is 13.1. The van der Waals surface area contributed by atoms with Crippen molar-refractivity contribution < 1.29 is 23.1 Å². The van der Waals surface area contributed by atoms with E-state index in [1.165, 1.54) is 28.6 Å². The fourth-order valence-electron chi connectivity index (χ4n) is 3.61. The van der Waals surface area contributed by atoms with Crippen LogP contribution in [-0.4, -0.2) is 26.2 Å². The van der Waals surface area contributed by atoms with Gasteiger partial charge in [-0.05, 0) is 62.1 Å². The van der Waals surface area contributed by atoms with Crippen LogP contribution in [-0.2, 0) is 19.8 Å². The van der Waals surface area contributed by atoms with Crippen molar-refractivity contribution in [3.63, 3.8) is 0 Å². The first kappa shape index (κ1) is 23.7. The van der Waals surface area contributed by atoms with Gasteiger partial charge in [-0.3, -0.25) is 9.69 Å². The third-order valence-corrected chi connectivity index (χ3v) is 5.56. The lowest BCUT2D eigenvalue weighted by molar-refractivity contribution is -0.137. The zero-order chi connectivity index (χ0) is 24.0. The van der Waals surface area contributed by atoms with Crippen LogP contribution in [0.15, 0.2) is 47.3 Å². The summed E-state index contributed by atoms with van der Waals surface area (Å²) in [5.74, 6) is 0. The van der Waals surface area contributed by atoms with Crippen LogP contribution in [0, 0.1) is 0 Å². The van der Waals surface area contributed by atoms with Gasteiger partial charge in [0.2, 0.25) is 0 Å². The normalized spacial score (nSPS) is 12.2. The second-order valence-electron chi connectivity index (χ2n) is 8.49. The number of carboxylic acid groups (broad SMARTS) is 1. The Morgan fingerprint density at radius 2 is 1.66 bits per heavy atom. The molecule has 0 saturated heterocycles. The summed E-state index contributed by atoms with van der Waals surface area (Å²) >= 11 is 6.17. The summed E-state index contributed by atoms with van der Waals surface area (Å²) in [6.07, 6.45) is -5.68. The number of hydrogen-bond donors (Lipinski definition) is 1. The summed E-state index contributed by atoms with van der Waals surface area (Å²) in [5, 5.41) is 10.9. The molecule has 0 spiro atoms. The van der Waals surface area contributed by atoms with Crippen molar-refractivity contribution in [3.8, 4) is 11.1 Å². The number of pyridine rings is 1. The van der Waals surface area contributed by atoms with E-state index in [0.29, 0.717) is 32.6 Å². The van der Waals surface area contributed by atoms with Gasteiger partial charge in [-0.25, -0.2) is 4.79 Å². The van der Waals surface area contributed by atoms with Crippen LogP contribution in [0.2, 0.25) is 5.02 Å². The molecule has 3 aromatic rings. The number of carbonyl (C=O) groups is 1. The Labute approximate surface area is 187 Å². The zero-order valence-corrected chi connectivity index (χ0v) is 18.7. The molecule has 0 radical (unpaired) electrons. The van der Waals surface area contributed by atoms with Crippen LogP contribution in [0.5, 0.6) is 0 Å². The number of fused-ring (bicyclic) bond motifs is 1. The summed E-state index contributed by atoms with van der Waals surface area (Å²) < 4.78 is 40.6. The Kier molecular flexibility index (Phi) is 6.04. The minimum Gasteiger partial charge on any atom is -0.465 e. The molecule has 5 nitrogen and oxygen atoms in total. The van der Waals surface area contributed by atoms with Crippen LogP contribution < -0.4 is 5.56 Å². The van der Waals surface area contributed by atoms with Gasteiger partial charge in [-0.15, -0.1) is 0 Å². The second kappa shape index (κ2) is 8.16. The van der Waals surface area contributed by atoms with Crippen LogP contribution >= 0.6 is 11.6 Å². The Bertz CT molecular complexity index is 1240. The Morgan fingerprint density at radius 1 is 1.06 bits per heavy atom. The Hall–Kier alpha value is -3.00. The van der Waals surface area contributed by atoms with Gasteiger partial charge in [0.15, 0.2) is 0 Å². The maximum Gasteiger partial charge on any atom is 0.416 e. The van der Waals surface area contributed by atoms with E-state index < -0.39 is 23.4 Å². The second-order valence-corrected chi connectivity index (χ2v) is 8.93. The van der Waals surface area contributed by atoms with E-state index in [1.807, 2.05) is 0 Å². The van der Waals surface area contributed by atoms with E-state index in [2.05, 4.69) is 0 Å². The molecule has 1 heterocycles. The van der Waals surface area contributed by atoms with Crippen molar-refractivity contribution in [1.82, 2.24) is 9.47 Å². The van der Waals surface area contributed by atoms with Gasteiger partial charge in [0.05, 0.1) is 12.1 Å². The van der Waals surface area contributed by atoms with E-state index in [0.717, 1.165) is 12.1 Å². The highest BCUT2D eigenvalue weighted by atomic mass is 35.5. The summed E-state index contributed by atoms with van der Waals surface area (Å²) in [7, 11) is 1.52. The number of rotatable bonds is 3. The molecule has 170 valence electrons. The molecule has 0 bridgehead atoms. The lowest BCUT2D eigenvalue weighted by Crippen LogP contribution is -2.45. The topological polar surface area (TPSA) is 62.5 Å². The van der Waals surface area contributed by atoms with Gasteiger partial charge >= 0.3 is 12.3 Å². The first-order valence-corrected chi connectivity index (χ1v) is 10.1. The molecule has 0 saturated carbocycles. The third-order valence-electron chi connectivity index (χ3n) is 5.33. The molecule has 1 aromatic heterocycles. The fraction of sp³-hybridized carbons (Fsp3) is 0.304. The van der Waals surface area contributed by atoms with Gasteiger partial charge in [-0.2, -0.15) is 13.2 Å². The number of hydrogen-bond acceptors (Lipinski definition) is 2. The molecular formula is C23H22ClF3N2O3. The van der Waals surface area contributed by atoms with Crippen molar-refractivity contribution in [2.75, 3.05) is 0 Å². The fourth-order valence-corrected chi connectivity index (χ4v) is 3.78. The molecule has 1 amide bonds. The Morgan fingerprint density at radius 3 is 2.16 bits per heavy atom. The van der Waals surface area contributed by atoms with E-state index >= 15 is 0 Å². The molecule has 0 unspecified atom stereocenters. The SMILES string of the molecule is Cn1c(CN(C(=O)O)C(C)(C)C)c(-c2ccc(C(F)(F)F)cc2)c2cc(Cl)ccc2c1=O. The molecule has 3 rings (SSSR count). The predicted octanol–water partition coefficient (Wildman–Crippen LogP) is 6.16. The quantitative estimate of drug-likeness (QED) is 0.503. The summed E-state index contributed by atoms with van der Waals surface area (Å²) in [5.41, 5.74) is -0.744. The molecule has 0 atom stereocenters. The third kappa shape index (κ3) is 4.46. The average Bonchev–Trinajstić information content (AvgIpc) is 2.67. The number of alkyl halides is 3. The van der Waals surface area contributed by atoms with Crippen molar-refractivity contribution in [2.45, 2.75) is 39.0 Å². The molecule has 1 N–H and O–H groups in total. The number of amides is 1. The molecule has 0 fully saturated rings. The molecule has 2 aromatic carbocycles. The van der Waals surface area contributed by atoms with Gasteiger partial charge in [0, 0.05) is 34.3 Å². The number of halogens is 4. The minimum absolute atomic E-state index is 0.149. The highest BCUT2D eigenvalue weighted by Crippen LogP contribution is 2.36. The molecule has 32 heavy (non-hydrogen) atoms. The molecular weight excluding hydrogens is 445 g/mol. The van der Waals surface area contributed by atoms with Gasteiger partial charge < -0.3 is 9.67 Å². The monoisotopic (exact) mass is 466 g/mol. The van der Waals surface area contributed by atoms with Crippen LogP contribution in [0.1, 0.15) is 32.0 Å². The highest BCUT2D eigenvalue weighted by Gasteiger charge is 2.31. The minimum atomic E-state index is -4.50. The standard InChI is InChI=1S/C23H22ClF3N2O3/c1-22(2,3)29(21(31)32)12-18-19(13-5-7-14(8-6-13)23(25,26)27)17-11-15(24)9-10-16(17)20(30)28(18)4/h5-11H,12H2,1-4H3,(H,31,32). The van der Waals surface area contributed by atoms with E-state index in [1.54, 1.807) is 39.0 Å². The number of benzene rings is 2. The van der Waals surface area contributed by atoms with Crippen molar-refractivity contribution in [3.05, 3.63) is 69.1 Å². The van der Waals surface area contributed by atoms with Crippen LogP contribution in [0.25, 0.3) is 21.9 Å². The predicted molar refractivity (Wildman–Crippen MR) is 118 cm³/mol. The average molecular weight is 467 g/mol. The van der Waals surface area contributed by atoms with Crippen molar-refractivity contribution in [2.24, 2.45) is 7.05 Å². The summed E-state index contributed by atoms with van der Waals surface area (Å²) in [4.78, 5) is 26.2. The maximum absolute atomic E-state index is 13.1. The smallest absolute Gasteiger partial charge is 0.416 e. The van der Waals surface area contributed by atoms with Crippen molar-refractivity contribution in [1.29, 1.82) is 0 Å². The van der Waals surface area contributed by atoms with E-state index in [-0.39, 0.29) is 12.1 Å². The Balaban J connectivity index is 2.37. The number of nitrogens with zero attached hydrogens (tertiary/aromatic N) is 2. The zero-order valence-electron chi connectivity index (χ0n) is 17.9. The largest absolute Gasteiger partial charge is 0.465 e. The number of aromatic nitrogens is 1. The molecule has 0 aliphatic carbocycles. The van der Waals surface area contributed by atoms with Gasteiger partial charge in [0.1, 0.15) is 0 Å². The lowest BCUT2D eigenvalue weighted by atomic mass is 9.95. The van der Waals surface area contributed by atoms with E-state index in [9.17, 15) is 27.9 Å². The lowest BCUT2D eigenvalue weighted by Gasteiger charge is -2.34. The highest BCUT2D eigenvalue weighted by molar-refractivity contribution is 6.31. The van der Waals surface area contributed by atoms with Crippen molar-refractivity contribution >= 4 is 28.5 Å². The van der Waals surface area contributed by atoms with E-state index in [4.69, 9.17) is 11.6 Å². The first-order chi connectivity index (χ1) is 14.7. The van der Waals surface area contributed by atoms with Gasteiger partial charge in [-0.1, -0.05) is 23.7 Å². The molecule has 0 aliphatic rings. The summed E-state index contributed by atoms with van der Waals surface area (Å²) in [6.45, 7) is 5.00. The molecule has 9 heteroatoms. The van der Waals surface area contributed by atoms with Gasteiger partial charge in [0.25, 0.3) is 5.56 Å². The first-order valence-electron chi connectivity index (χ1n) is 9.71. The van der Waals surface area contributed by atoms with Crippen LogP contribution in [0.3, 0.4) is 0 Å². The summed E-state index contributed by atoms with van der Waals surface area (Å²) in [6, 6.07) is 9.22.